The molecular weight excluding hydrogens is 276 g/mol. The minimum atomic E-state index is 0.200. The molecule has 0 amide bonds. The maximum atomic E-state index is 9.28. The Morgan fingerprint density at radius 2 is 1.95 bits per heavy atom. The Hall–Kier alpha value is -2.28. The highest BCUT2D eigenvalue weighted by molar-refractivity contribution is 7.09. The third kappa shape index (κ3) is 2.27. The van der Waals surface area contributed by atoms with Crippen LogP contribution in [0, 0.1) is 0 Å². The number of phenols is 1. The predicted octanol–water partition coefficient (Wildman–Crippen LogP) is 3.08. The molecule has 0 radical (unpaired) electrons. The van der Waals surface area contributed by atoms with Crippen molar-refractivity contribution in [2.45, 2.75) is 19.8 Å². The van der Waals surface area contributed by atoms with E-state index in [1.165, 1.54) is 11.5 Å². The molecule has 1 N–H and O–H groups in total. The summed E-state index contributed by atoms with van der Waals surface area (Å²) in [5, 5.41) is 17.3. The SMILES string of the molecule is CC(C)c1nnsc1-c1nc(-c2ccc(O)cc2)no1. The molecule has 20 heavy (non-hydrogen) atoms. The summed E-state index contributed by atoms with van der Waals surface area (Å²) in [5.41, 5.74) is 1.64. The Bertz CT molecular complexity index is 718. The number of aromatic nitrogens is 4. The van der Waals surface area contributed by atoms with Gasteiger partial charge in [0.1, 0.15) is 10.6 Å². The third-order valence-corrected chi connectivity index (χ3v) is 3.54. The molecule has 7 heteroatoms. The first kappa shape index (κ1) is 12.7. The van der Waals surface area contributed by atoms with Crippen molar-refractivity contribution in [2.75, 3.05) is 0 Å². The summed E-state index contributed by atoms with van der Waals surface area (Å²) in [7, 11) is 0. The summed E-state index contributed by atoms with van der Waals surface area (Å²) >= 11 is 1.24. The number of aromatic hydroxyl groups is 1. The van der Waals surface area contributed by atoms with Crippen LogP contribution >= 0.6 is 11.5 Å². The summed E-state index contributed by atoms with van der Waals surface area (Å²) < 4.78 is 9.24. The van der Waals surface area contributed by atoms with Gasteiger partial charge in [-0.3, -0.25) is 0 Å². The molecule has 2 heterocycles. The van der Waals surface area contributed by atoms with E-state index in [1.807, 2.05) is 13.8 Å². The molecule has 0 saturated carbocycles. The van der Waals surface area contributed by atoms with Gasteiger partial charge in [-0.1, -0.05) is 23.5 Å². The quantitative estimate of drug-likeness (QED) is 0.797. The van der Waals surface area contributed by atoms with Crippen LogP contribution in [0.3, 0.4) is 0 Å². The van der Waals surface area contributed by atoms with Crippen molar-refractivity contribution in [3.8, 4) is 27.9 Å². The minimum absolute atomic E-state index is 0.200. The van der Waals surface area contributed by atoms with E-state index in [0.717, 1.165) is 16.1 Å². The maximum Gasteiger partial charge on any atom is 0.271 e. The van der Waals surface area contributed by atoms with Crippen LogP contribution in [-0.2, 0) is 0 Å². The lowest BCUT2D eigenvalue weighted by Crippen LogP contribution is -1.90. The molecular formula is C13H12N4O2S. The number of benzene rings is 1. The zero-order chi connectivity index (χ0) is 14.1. The fourth-order valence-electron chi connectivity index (χ4n) is 1.77. The highest BCUT2D eigenvalue weighted by atomic mass is 32.1. The van der Waals surface area contributed by atoms with Crippen molar-refractivity contribution >= 4 is 11.5 Å². The zero-order valence-electron chi connectivity index (χ0n) is 10.9. The summed E-state index contributed by atoms with van der Waals surface area (Å²) in [6, 6.07) is 6.63. The van der Waals surface area contributed by atoms with E-state index in [0.29, 0.717) is 11.7 Å². The van der Waals surface area contributed by atoms with E-state index < -0.39 is 0 Å². The van der Waals surface area contributed by atoms with Crippen molar-refractivity contribution in [1.29, 1.82) is 0 Å². The monoisotopic (exact) mass is 288 g/mol. The first-order chi connectivity index (χ1) is 9.65. The highest BCUT2D eigenvalue weighted by Crippen LogP contribution is 2.31. The zero-order valence-corrected chi connectivity index (χ0v) is 11.8. The summed E-state index contributed by atoms with van der Waals surface area (Å²) in [4.78, 5) is 5.17. The van der Waals surface area contributed by atoms with Gasteiger partial charge in [0.05, 0.1) is 5.69 Å². The van der Waals surface area contributed by atoms with Crippen molar-refractivity contribution in [2.24, 2.45) is 0 Å². The minimum Gasteiger partial charge on any atom is -0.508 e. The van der Waals surface area contributed by atoms with Gasteiger partial charge in [0, 0.05) is 5.56 Å². The third-order valence-electron chi connectivity index (χ3n) is 2.81. The number of hydrogen-bond donors (Lipinski definition) is 1. The van der Waals surface area contributed by atoms with E-state index in [2.05, 4.69) is 19.7 Å². The highest BCUT2D eigenvalue weighted by Gasteiger charge is 2.19. The van der Waals surface area contributed by atoms with Crippen LogP contribution in [0.4, 0.5) is 0 Å². The van der Waals surface area contributed by atoms with Gasteiger partial charge >= 0.3 is 0 Å². The lowest BCUT2D eigenvalue weighted by atomic mass is 10.1. The van der Waals surface area contributed by atoms with E-state index >= 15 is 0 Å². The first-order valence-corrected chi connectivity index (χ1v) is 6.88. The van der Waals surface area contributed by atoms with Gasteiger partial charge in [-0.2, -0.15) is 4.98 Å². The molecule has 0 saturated heterocycles. The molecule has 1 aromatic carbocycles. The van der Waals surface area contributed by atoms with Crippen LogP contribution in [0.2, 0.25) is 0 Å². The molecule has 0 atom stereocenters. The molecule has 0 bridgehead atoms. The second-order valence-corrected chi connectivity index (χ2v) is 5.37. The molecule has 0 unspecified atom stereocenters. The number of hydrogen-bond acceptors (Lipinski definition) is 7. The van der Waals surface area contributed by atoms with Crippen molar-refractivity contribution in [1.82, 2.24) is 19.7 Å². The first-order valence-electron chi connectivity index (χ1n) is 6.11. The fourth-order valence-corrected chi connectivity index (χ4v) is 2.51. The van der Waals surface area contributed by atoms with E-state index in [4.69, 9.17) is 4.52 Å². The van der Waals surface area contributed by atoms with Crippen LogP contribution in [0.5, 0.6) is 5.75 Å². The average Bonchev–Trinajstić information content (AvgIpc) is 3.08. The predicted molar refractivity (Wildman–Crippen MR) is 74.4 cm³/mol. The van der Waals surface area contributed by atoms with E-state index in [-0.39, 0.29) is 11.7 Å². The molecule has 0 spiro atoms. The lowest BCUT2D eigenvalue weighted by Gasteiger charge is -1.98. The van der Waals surface area contributed by atoms with Gasteiger partial charge in [0.15, 0.2) is 0 Å². The number of phenolic OH excluding ortho intramolecular Hbond substituents is 1. The molecule has 102 valence electrons. The summed E-state index contributed by atoms with van der Waals surface area (Å²) in [6.45, 7) is 4.08. The molecule has 2 aromatic heterocycles. The van der Waals surface area contributed by atoms with Gasteiger partial charge in [-0.05, 0) is 41.7 Å². The summed E-state index contributed by atoms with van der Waals surface area (Å²) in [5.74, 6) is 1.34. The molecule has 0 fully saturated rings. The van der Waals surface area contributed by atoms with Gasteiger partial charge in [-0.15, -0.1) is 5.10 Å². The Kier molecular flexibility index (Phi) is 3.19. The average molecular weight is 288 g/mol. The standard InChI is InChI=1S/C13H12N4O2S/c1-7(2)10-11(20-17-15-10)13-14-12(16-19-13)8-3-5-9(18)6-4-8/h3-7,18H,1-2H3. The fraction of sp³-hybridized carbons (Fsp3) is 0.231. The molecule has 0 aliphatic heterocycles. The van der Waals surface area contributed by atoms with Gasteiger partial charge in [-0.25, -0.2) is 0 Å². The number of nitrogens with zero attached hydrogens (tertiary/aromatic N) is 4. The van der Waals surface area contributed by atoms with E-state index in [9.17, 15) is 5.11 Å². The molecule has 0 aliphatic carbocycles. The lowest BCUT2D eigenvalue weighted by molar-refractivity contribution is 0.432. The van der Waals surface area contributed by atoms with Crippen LogP contribution in [0.15, 0.2) is 28.8 Å². The molecule has 3 rings (SSSR count). The smallest absolute Gasteiger partial charge is 0.271 e. The molecule has 0 aliphatic rings. The normalized spacial score (nSPS) is 11.2. The second-order valence-electron chi connectivity index (χ2n) is 4.61. The maximum absolute atomic E-state index is 9.28. The number of rotatable bonds is 3. The Morgan fingerprint density at radius 1 is 1.20 bits per heavy atom. The van der Waals surface area contributed by atoms with Crippen LogP contribution in [-0.4, -0.2) is 24.8 Å². The van der Waals surface area contributed by atoms with Crippen molar-refractivity contribution in [3.05, 3.63) is 30.0 Å². The van der Waals surface area contributed by atoms with Gasteiger partial charge in [0.2, 0.25) is 5.82 Å². The van der Waals surface area contributed by atoms with E-state index in [1.54, 1.807) is 24.3 Å². The van der Waals surface area contributed by atoms with Crippen LogP contribution < -0.4 is 0 Å². The van der Waals surface area contributed by atoms with Gasteiger partial charge in [0.25, 0.3) is 5.89 Å². The topological polar surface area (TPSA) is 84.9 Å². The Morgan fingerprint density at radius 3 is 2.65 bits per heavy atom. The van der Waals surface area contributed by atoms with Crippen LogP contribution in [0.25, 0.3) is 22.2 Å². The molecule has 6 nitrogen and oxygen atoms in total. The summed E-state index contributed by atoms with van der Waals surface area (Å²) in [6.07, 6.45) is 0. The van der Waals surface area contributed by atoms with Crippen molar-refractivity contribution in [3.63, 3.8) is 0 Å². The van der Waals surface area contributed by atoms with Crippen LogP contribution in [0.1, 0.15) is 25.5 Å². The largest absolute Gasteiger partial charge is 0.508 e. The Labute approximate surface area is 119 Å². The van der Waals surface area contributed by atoms with Gasteiger partial charge < -0.3 is 9.63 Å². The molecule has 3 aromatic rings. The van der Waals surface area contributed by atoms with Crippen molar-refractivity contribution < 1.29 is 9.63 Å². The Balaban J connectivity index is 1.98. The second kappa shape index (κ2) is 5.01.